The molecule has 0 saturated carbocycles. The van der Waals surface area contributed by atoms with Crippen LogP contribution in [0.25, 0.3) is 10.8 Å². The lowest BCUT2D eigenvalue weighted by Gasteiger charge is -2.13. The predicted molar refractivity (Wildman–Crippen MR) is 146 cm³/mol. The monoisotopic (exact) mass is 573 g/mol. The molecule has 0 saturated heterocycles. The third kappa shape index (κ3) is 5.73. The number of aromatic hydroxyl groups is 1. The minimum Gasteiger partial charge on any atom is -0.505 e. The molecule has 9 nitrogen and oxygen atoms in total. The van der Waals surface area contributed by atoms with E-state index in [4.69, 9.17) is 27.9 Å². The van der Waals surface area contributed by atoms with E-state index >= 15 is 0 Å². The van der Waals surface area contributed by atoms with Crippen LogP contribution in [0.3, 0.4) is 0 Å². The highest BCUT2D eigenvalue weighted by molar-refractivity contribution is 7.86. The van der Waals surface area contributed by atoms with Crippen molar-refractivity contribution in [3.63, 3.8) is 0 Å². The summed E-state index contributed by atoms with van der Waals surface area (Å²) < 4.78 is 38.4. The van der Waals surface area contributed by atoms with Crippen LogP contribution in [0.15, 0.2) is 75.8 Å². The van der Waals surface area contributed by atoms with Gasteiger partial charge in [-0.1, -0.05) is 47.5 Å². The van der Waals surface area contributed by atoms with E-state index in [1.807, 2.05) is 0 Å². The van der Waals surface area contributed by atoms with Gasteiger partial charge in [0.25, 0.3) is 16.0 Å². The van der Waals surface area contributed by atoms with Crippen LogP contribution >= 0.6 is 23.2 Å². The summed E-state index contributed by atoms with van der Waals surface area (Å²) in [6.07, 6.45) is 0. The fraction of sp³-hybridized carbons (Fsp3) is 0.115. The molecule has 0 atom stereocenters. The van der Waals surface area contributed by atoms with E-state index in [-0.39, 0.29) is 22.0 Å². The van der Waals surface area contributed by atoms with E-state index < -0.39 is 26.7 Å². The molecule has 4 rings (SSSR count). The normalized spacial score (nSPS) is 11.7. The summed E-state index contributed by atoms with van der Waals surface area (Å²) in [5, 5.41) is 23.1. The number of fused-ring (bicyclic) bond motifs is 1. The highest BCUT2D eigenvalue weighted by Crippen LogP contribution is 2.41. The molecule has 12 heteroatoms. The number of nitrogens with zero attached hydrogens (tertiary/aromatic N) is 2. The number of ether oxygens (including phenoxy) is 1. The van der Waals surface area contributed by atoms with Crippen LogP contribution in [-0.4, -0.2) is 30.6 Å². The summed E-state index contributed by atoms with van der Waals surface area (Å²) in [4.78, 5) is 12.7. The average molecular weight is 574 g/mol. The van der Waals surface area contributed by atoms with Gasteiger partial charge in [0.15, 0.2) is 5.75 Å². The van der Waals surface area contributed by atoms with Crippen molar-refractivity contribution >= 4 is 67.1 Å². The van der Waals surface area contributed by atoms with E-state index in [1.165, 1.54) is 18.2 Å². The van der Waals surface area contributed by atoms with Gasteiger partial charge in [0, 0.05) is 17.1 Å². The van der Waals surface area contributed by atoms with E-state index in [0.717, 1.165) is 0 Å². The molecule has 38 heavy (non-hydrogen) atoms. The van der Waals surface area contributed by atoms with Crippen LogP contribution in [0.4, 0.5) is 17.1 Å². The molecule has 0 heterocycles. The second-order valence-corrected chi connectivity index (χ2v) is 10.3. The lowest BCUT2D eigenvalue weighted by molar-refractivity contribution is 0.102. The maximum absolute atomic E-state index is 13.2. The number of hydrogen-bond acceptors (Lipinski definition) is 7. The summed E-state index contributed by atoms with van der Waals surface area (Å²) in [6, 6.07) is 15.8. The van der Waals surface area contributed by atoms with Gasteiger partial charge in [-0.25, -0.2) is 0 Å². The first-order valence-corrected chi connectivity index (χ1v) is 13.4. The molecule has 4 aromatic rings. The Hall–Kier alpha value is -3.70. The number of halogens is 2. The number of amides is 1. The number of azo groups is 1. The van der Waals surface area contributed by atoms with Crippen molar-refractivity contribution in [2.75, 3.05) is 11.9 Å². The Morgan fingerprint density at radius 3 is 2.50 bits per heavy atom. The Morgan fingerprint density at radius 2 is 1.79 bits per heavy atom. The highest BCUT2D eigenvalue weighted by Gasteiger charge is 2.21. The summed E-state index contributed by atoms with van der Waals surface area (Å²) in [5.74, 6) is -0.692. The molecule has 0 spiro atoms. The van der Waals surface area contributed by atoms with Crippen LogP contribution in [0.5, 0.6) is 11.5 Å². The largest absolute Gasteiger partial charge is 0.505 e. The number of benzene rings is 4. The van der Waals surface area contributed by atoms with E-state index in [9.17, 15) is 22.9 Å². The van der Waals surface area contributed by atoms with E-state index in [1.54, 1.807) is 56.3 Å². The number of nitrogens with one attached hydrogen (secondary N) is 1. The summed E-state index contributed by atoms with van der Waals surface area (Å²) in [5.41, 5.74) is 0.669. The van der Waals surface area contributed by atoms with Crippen molar-refractivity contribution in [3.8, 4) is 11.5 Å². The number of carbonyl (C=O) groups excluding carboxylic acids is 1. The van der Waals surface area contributed by atoms with Crippen LogP contribution in [0.2, 0.25) is 10.0 Å². The highest BCUT2D eigenvalue weighted by atomic mass is 35.5. The Bertz CT molecular complexity index is 1710. The zero-order valence-electron chi connectivity index (χ0n) is 20.1. The molecule has 3 N–H and O–H groups in total. The van der Waals surface area contributed by atoms with Gasteiger partial charge < -0.3 is 15.2 Å². The first kappa shape index (κ1) is 27.3. The van der Waals surface area contributed by atoms with Crippen LogP contribution in [0.1, 0.15) is 22.8 Å². The average Bonchev–Trinajstić information content (AvgIpc) is 2.86. The second-order valence-electron chi connectivity index (χ2n) is 8.15. The molecule has 0 bridgehead atoms. The van der Waals surface area contributed by atoms with Crippen molar-refractivity contribution in [2.24, 2.45) is 10.2 Å². The Kier molecular flexibility index (Phi) is 7.89. The van der Waals surface area contributed by atoms with Crippen molar-refractivity contribution in [1.82, 2.24) is 0 Å². The summed E-state index contributed by atoms with van der Waals surface area (Å²) >= 11 is 12.3. The van der Waals surface area contributed by atoms with E-state index in [2.05, 4.69) is 15.5 Å². The fourth-order valence-corrected chi connectivity index (χ4v) is 5.00. The van der Waals surface area contributed by atoms with Gasteiger partial charge in [0.2, 0.25) is 0 Å². The molecule has 0 radical (unpaired) electrons. The zero-order valence-corrected chi connectivity index (χ0v) is 22.4. The molecule has 0 aromatic heterocycles. The molecule has 4 aromatic carbocycles. The van der Waals surface area contributed by atoms with Crippen molar-refractivity contribution < 1.29 is 27.6 Å². The van der Waals surface area contributed by atoms with Gasteiger partial charge in [-0.2, -0.15) is 8.42 Å². The number of hydrogen-bond donors (Lipinski definition) is 3. The maximum Gasteiger partial charge on any atom is 0.296 e. The molecule has 1 amide bonds. The minimum absolute atomic E-state index is 0.0367. The molecular weight excluding hydrogens is 553 g/mol. The van der Waals surface area contributed by atoms with Crippen LogP contribution < -0.4 is 10.1 Å². The second kappa shape index (κ2) is 11.0. The van der Waals surface area contributed by atoms with Gasteiger partial charge >= 0.3 is 0 Å². The Morgan fingerprint density at radius 1 is 1.05 bits per heavy atom. The standard InChI is InChI=1S/C26H21Cl2N3O6S/c1-3-37-21-13-16(8-9-19(21)27)29-26(33)18-12-15-6-4-5-7-17(15)24(25(18)32)31-30-20-10-14(2)11-22(23(20)28)38(34,35)36/h4-13,32H,3H2,1-2H3,(H,29,33)(H,34,35,36). The van der Waals surface area contributed by atoms with E-state index in [0.29, 0.717) is 39.4 Å². The number of aryl methyl sites for hydroxylation is 1. The molecule has 0 unspecified atom stereocenters. The minimum atomic E-state index is -4.61. The number of carbonyl (C=O) groups is 1. The van der Waals surface area contributed by atoms with Gasteiger partial charge in [-0.3, -0.25) is 9.35 Å². The third-order valence-corrected chi connectivity index (χ3v) is 7.13. The lowest BCUT2D eigenvalue weighted by atomic mass is 10.0. The lowest BCUT2D eigenvalue weighted by Crippen LogP contribution is -2.12. The maximum atomic E-state index is 13.2. The smallest absolute Gasteiger partial charge is 0.296 e. The molecule has 0 aliphatic carbocycles. The van der Waals surface area contributed by atoms with Gasteiger partial charge in [-0.05, 0) is 55.1 Å². The van der Waals surface area contributed by atoms with Crippen LogP contribution in [0, 0.1) is 6.92 Å². The Labute approximate surface area is 228 Å². The van der Waals surface area contributed by atoms with Gasteiger partial charge in [0.1, 0.15) is 22.0 Å². The van der Waals surface area contributed by atoms with Crippen LogP contribution in [-0.2, 0) is 10.1 Å². The molecule has 0 aliphatic rings. The third-order valence-electron chi connectivity index (χ3n) is 5.43. The Balaban J connectivity index is 1.79. The van der Waals surface area contributed by atoms with Crippen molar-refractivity contribution in [1.29, 1.82) is 0 Å². The predicted octanol–water partition coefficient (Wildman–Crippen LogP) is 7.47. The summed E-state index contributed by atoms with van der Waals surface area (Å²) in [7, 11) is -4.61. The zero-order chi connectivity index (χ0) is 27.6. The number of phenols is 1. The topological polar surface area (TPSA) is 138 Å². The number of rotatable bonds is 7. The molecular formula is C26H21Cl2N3O6S. The quantitative estimate of drug-likeness (QED) is 0.155. The van der Waals surface area contributed by atoms with Crippen molar-refractivity contribution in [3.05, 3.63) is 81.8 Å². The number of anilines is 1. The number of phenolic OH excluding ortho intramolecular Hbond substituents is 1. The first-order valence-electron chi connectivity index (χ1n) is 11.2. The SMILES string of the molecule is CCOc1cc(NC(=O)c2cc3ccccc3c(N=Nc3cc(C)cc(S(=O)(=O)O)c3Cl)c2O)ccc1Cl. The van der Waals surface area contributed by atoms with Crippen molar-refractivity contribution in [2.45, 2.75) is 18.7 Å². The molecule has 0 fully saturated rings. The molecule has 196 valence electrons. The fourth-order valence-electron chi connectivity index (χ4n) is 3.72. The van der Waals surface area contributed by atoms with Gasteiger partial charge in [-0.15, -0.1) is 10.2 Å². The molecule has 0 aliphatic heterocycles. The summed E-state index contributed by atoms with van der Waals surface area (Å²) in [6.45, 7) is 3.78. The van der Waals surface area contributed by atoms with Gasteiger partial charge in [0.05, 0.1) is 22.2 Å². The first-order chi connectivity index (χ1) is 18.0.